The zero-order chi connectivity index (χ0) is 7.56. The fourth-order valence-electron chi connectivity index (χ4n) is 0.778. The second kappa shape index (κ2) is 3.43. The van der Waals surface area contributed by atoms with E-state index in [1.165, 1.54) is 7.76 Å². The van der Waals surface area contributed by atoms with Crippen LogP contribution in [0.15, 0.2) is 12.4 Å². The zero-order valence-corrected chi connectivity index (χ0v) is 8.79. The van der Waals surface area contributed by atoms with Gasteiger partial charge in [0.1, 0.15) is 0 Å². The molecule has 0 bridgehead atoms. The summed E-state index contributed by atoms with van der Waals surface area (Å²) in [7, 11) is 2.08. The van der Waals surface area contributed by atoms with Crippen molar-refractivity contribution in [3.05, 3.63) is 17.8 Å². The Labute approximate surface area is 69.7 Å². The van der Waals surface area contributed by atoms with Gasteiger partial charge in [-0.3, -0.25) is 0 Å². The third-order valence-electron chi connectivity index (χ3n) is 1.45. The van der Waals surface area contributed by atoms with E-state index < -0.39 is 20.1 Å². The molecule has 4 heteroatoms. The number of rotatable bonds is 2. The van der Waals surface area contributed by atoms with E-state index in [-0.39, 0.29) is 0 Å². The number of hydrogen-bond donors (Lipinski definition) is 1. The molecule has 1 heterocycles. The number of quaternary nitrogens is 1. The van der Waals surface area contributed by atoms with Crippen molar-refractivity contribution in [1.29, 1.82) is 0 Å². The summed E-state index contributed by atoms with van der Waals surface area (Å²) in [6.07, 6.45) is 3.91. The van der Waals surface area contributed by atoms with Gasteiger partial charge in [0, 0.05) is 0 Å². The Morgan fingerprint density at radius 1 is 1.70 bits per heavy atom. The molecule has 0 radical (unpaired) electrons. The van der Waals surface area contributed by atoms with Crippen LogP contribution in [0.4, 0.5) is 0 Å². The van der Waals surface area contributed by atoms with E-state index in [9.17, 15) is 0 Å². The Bertz CT molecular complexity index is 137. The third-order valence-corrected chi connectivity index (χ3v) is 6.43. The van der Waals surface area contributed by atoms with E-state index in [0.717, 1.165) is 0 Å². The molecule has 3 nitrogen and oxygen atoms in total. The fraction of sp³-hybridized carbons (Fsp3) is 0.667. The van der Waals surface area contributed by atoms with E-state index >= 15 is 0 Å². The summed E-state index contributed by atoms with van der Waals surface area (Å²) in [5, 5.41) is 2.15. The van der Waals surface area contributed by atoms with Crippen LogP contribution in [0, 0.1) is 0 Å². The Kier molecular flexibility index (Phi) is 2.79. The normalized spacial score (nSPS) is 24.9. The maximum absolute atomic E-state index is 4.32. The first-order chi connectivity index (χ1) is 4.75. The quantitative estimate of drug-likeness (QED) is 0.434. The number of nitrogens with zero attached hydrogens (tertiary/aromatic N) is 2. The van der Waals surface area contributed by atoms with Gasteiger partial charge in [0.2, 0.25) is 0 Å². The summed E-state index contributed by atoms with van der Waals surface area (Å²) in [6, 6.07) is 0. The summed E-state index contributed by atoms with van der Waals surface area (Å²) in [6.45, 7) is 2.25. The fourth-order valence-corrected chi connectivity index (χ4v) is 3.56. The van der Waals surface area contributed by atoms with Crippen LogP contribution in [0.25, 0.3) is 5.43 Å². The molecule has 0 amide bonds. The van der Waals surface area contributed by atoms with Gasteiger partial charge in [-0.15, -0.1) is 0 Å². The Morgan fingerprint density at radius 3 is 2.80 bits per heavy atom. The maximum atomic E-state index is 4.32. The van der Waals surface area contributed by atoms with Crippen LogP contribution in [0.2, 0.25) is 0 Å². The number of alkyl halides is 2. The predicted molar refractivity (Wildman–Crippen MR) is 51.7 cm³/mol. The van der Waals surface area contributed by atoms with Crippen molar-refractivity contribution in [2.45, 2.75) is 6.92 Å². The molecule has 1 aliphatic rings. The summed E-state index contributed by atoms with van der Waals surface area (Å²) in [5.74, 6) is 0. The molecule has 10 heavy (non-hydrogen) atoms. The van der Waals surface area contributed by atoms with Gasteiger partial charge < -0.3 is 0 Å². The second-order valence-corrected chi connectivity index (χ2v) is 8.02. The van der Waals surface area contributed by atoms with Crippen LogP contribution >= 0.6 is 20.1 Å². The molecule has 1 unspecified atom stereocenters. The van der Waals surface area contributed by atoms with E-state index in [4.69, 9.17) is 0 Å². The van der Waals surface area contributed by atoms with E-state index in [1.807, 2.05) is 12.4 Å². The summed E-state index contributed by atoms with van der Waals surface area (Å²) < 4.78 is 2.65. The van der Waals surface area contributed by atoms with Gasteiger partial charge in [-0.05, 0) is 0 Å². The molecular weight excluding hydrogens is 241 g/mol. The SMILES string of the molecule is CCI(C)[NH+]1[N-]C=CN1C. The van der Waals surface area contributed by atoms with Gasteiger partial charge in [0.25, 0.3) is 0 Å². The van der Waals surface area contributed by atoms with Crippen LogP contribution in [0.3, 0.4) is 0 Å². The van der Waals surface area contributed by atoms with Gasteiger partial charge in [-0.2, -0.15) is 0 Å². The second-order valence-electron chi connectivity index (χ2n) is 2.16. The molecule has 1 atom stereocenters. The topological polar surface area (TPSA) is 21.8 Å². The van der Waals surface area contributed by atoms with Crippen molar-refractivity contribution >= 4 is 20.1 Å². The van der Waals surface area contributed by atoms with Crippen LogP contribution < -0.4 is 3.33 Å². The first-order valence-corrected chi connectivity index (χ1v) is 8.05. The molecule has 1 rings (SSSR count). The van der Waals surface area contributed by atoms with Crippen molar-refractivity contribution in [1.82, 2.24) is 5.01 Å². The number of nitrogens with one attached hydrogen (secondary N) is 1. The Balaban J connectivity index is 2.42. The van der Waals surface area contributed by atoms with Crippen LogP contribution in [-0.2, 0) is 0 Å². The standard InChI is InChI=1S/C6H14IN3/c1-4-7(2)10-8-5-6-9(10)3/h5-6,10H,4H2,1-3H3. The molecule has 0 aromatic heterocycles. The first kappa shape index (κ1) is 8.13. The van der Waals surface area contributed by atoms with Crippen molar-refractivity contribution < 1.29 is 3.33 Å². The zero-order valence-electron chi connectivity index (χ0n) is 6.63. The minimum absolute atomic E-state index is 0.840. The van der Waals surface area contributed by atoms with E-state index in [2.05, 4.69) is 29.3 Å². The van der Waals surface area contributed by atoms with Gasteiger partial charge in [0.15, 0.2) is 0 Å². The van der Waals surface area contributed by atoms with E-state index in [1.54, 1.807) is 0 Å². The molecule has 60 valence electrons. The Morgan fingerprint density at radius 2 is 2.40 bits per heavy atom. The minimum atomic E-state index is -0.840. The van der Waals surface area contributed by atoms with Gasteiger partial charge >= 0.3 is 69.6 Å². The van der Waals surface area contributed by atoms with Crippen LogP contribution in [0.1, 0.15) is 6.92 Å². The van der Waals surface area contributed by atoms with Crippen LogP contribution in [-0.4, -0.2) is 21.4 Å². The molecule has 0 spiro atoms. The monoisotopic (exact) mass is 255 g/mol. The number of halogens is 1. The Hall–Kier alpha value is 0.0300. The molecule has 1 N–H and O–H groups in total. The van der Waals surface area contributed by atoms with Crippen molar-refractivity contribution in [2.24, 2.45) is 0 Å². The first-order valence-electron chi connectivity index (χ1n) is 3.29. The summed E-state index contributed by atoms with van der Waals surface area (Å²) in [4.78, 5) is 2.35. The van der Waals surface area contributed by atoms with Crippen molar-refractivity contribution in [3.63, 3.8) is 0 Å². The molecule has 1 aliphatic heterocycles. The molecule has 0 aromatic rings. The summed E-state index contributed by atoms with van der Waals surface area (Å²) in [5.41, 5.74) is 4.32. The summed E-state index contributed by atoms with van der Waals surface area (Å²) >= 11 is -0.840. The molecular formula is C6H14IN3. The van der Waals surface area contributed by atoms with Gasteiger partial charge in [-0.1, -0.05) is 0 Å². The third kappa shape index (κ3) is 1.54. The van der Waals surface area contributed by atoms with Crippen molar-refractivity contribution in [3.8, 4) is 0 Å². The average molecular weight is 255 g/mol. The molecule has 0 aliphatic carbocycles. The molecule has 0 saturated carbocycles. The van der Waals surface area contributed by atoms with Gasteiger partial charge in [0.05, 0.1) is 0 Å². The van der Waals surface area contributed by atoms with Crippen LogP contribution in [0.5, 0.6) is 0 Å². The van der Waals surface area contributed by atoms with Crippen molar-refractivity contribution in [2.75, 3.05) is 16.4 Å². The van der Waals surface area contributed by atoms with Gasteiger partial charge in [-0.25, -0.2) is 0 Å². The molecule has 0 fully saturated rings. The molecule has 0 aromatic carbocycles. The number of hydrogen-bond acceptors (Lipinski definition) is 1. The van der Waals surface area contributed by atoms with E-state index in [0.29, 0.717) is 0 Å². The molecule has 0 saturated heterocycles. The predicted octanol–water partition coefficient (Wildman–Crippen LogP) is 0.563. The average Bonchev–Trinajstić information content (AvgIpc) is 2.34.